The predicted octanol–water partition coefficient (Wildman–Crippen LogP) is 2.26. The molecule has 0 aliphatic carbocycles. The first-order chi connectivity index (χ1) is 14.9. The number of anilines is 2. The Hall–Kier alpha value is -3.62. The van der Waals surface area contributed by atoms with E-state index in [1.54, 1.807) is 29.2 Å². The Kier molecular flexibility index (Phi) is 5.75. The molecule has 2 N–H and O–H groups in total. The van der Waals surface area contributed by atoms with Crippen molar-refractivity contribution in [3.05, 3.63) is 63.7 Å². The fourth-order valence-electron chi connectivity index (χ4n) is 4.20. The largest absolute Gasteiger partial charge is 0.368 e. The van der Waals surface area contributed by atoms with Crippen molar-refractivity contribution in [3.63, 3.8) is 0 Å². The second kappa shape index (κ2) is 8.63. The summed E-state index contributed by atoms with van der Waals surface area (Å²) in [5.74, 6) is -0.715. The number of carbonyl (C=O) groups is 2. The van der Waals surface area contributed by atoms with Crippen molar-refractivity contribution in [1.29, 1.82) is 0 Å². The third-order valence-electron chi connectivity index (χ3n) is 5.96. The molecule has 0 bridgehead atoms. The van der Waals surface area contributed by atoms with Gasteiger partial charge in [-0.2, -0.15) is 0 Å². The molecule has 0 radical (unpaired) electrons. The number of primary amides is 1. The van der Waals surface area contributed by atoms with Gasteiger partial charge in [-0.25, -0.2) is 0 Å². The average molecular weight is 423 g/mol. The van der Waals surface area contributed by atoms with Gasteiger partial charge in [0.05, 0.1) is 4.92 Å². The van der Waals surface area contributed by atoms with Gasteiger partial charge in [-0.05, 0) is 49.2 Å². The number of rotatable bonds is 5. The van der Waals surface area contributed by atoms with Crippen LogP contribution in [0.15, 0.2) is 42.5 Å². The number of piperazine rings is 1. The van der Waals surface area contributed by atoms with Gasteiger partial charge in [-0.15, -0.1) is 0 Å². The number of hydrogen-bond acceptors (Lipinski definition) is 6. The monoisotopic (exact) mass is 423 g/mol. The first-order valence-corrected chi connectivity index (χ1v) is 10.4. The summed E-state index contributed by atoms with van der Waals surface area (Å²) in [6, 6.07) is 12.0. The molecular formula is C22H25N5O4. The highest BCUT2D eigenvalue weighted by molar-refractivity contribution is 5.99. The van der Waals surface area contributed by atoms with E-state index in [4.69, 9.17) is 5.73 Å². The van der Waals surface area contributed by atoms with Crippen LogP contribution in [0.1, 0.15) is 33.6 Å². The molecule has 9 nitrogen and oxygen atoms in total. The van der Waals surface area contributed by atoms with Gasteiger partial charge in [0.1, 0.15) is 5.56 Å². The lowest BCUT2D eigenvalue weighted by molar-refractivity contribution is -0.385. The average Bonchev–Trinajstić information content (AvgIpc) is 3.33. The SMILES string of the molecule is NC(=O)c1ccc(N2CCN(c3ccc([N+](=O)[O-])c(C(=O)N4CCCC4)c3)CC2)cc1. The number of nitrogens with two attached hydrogens (primary N) is 1. The number of amides is 2. The van der Waals surface area contributed by atoms with Gasteiger partial charge >= 0.3 is 0 Å². The van der Waals surface area contributed by atoms with Crippen molar-refractivity contribution < 1.29 is 14.5 Å². The van der Waals surface area contributed by atoms with Gasteiger partial charge in [0.25, 0.3) is 11.6 Å². The number of carbonyl (C=O) groups excluding carboxylic acids is 2. The van der Waals surface area contributed by atoms with Crippen molar-refractivity contribution in [1.82, 2.24) is 4.90 Å². The minimum atomic E-state index is -0.485. The van der Waals surface area contributed by atoms with E-state index in [9.17, 15) is 19.7 Å². The third-order valence-corrected chi connectivity index (χ3v) is 5.96. The molecule has 162 valence electrons. The van der Waals surface area contributed by atoms with Crippen LogP contribution in [0.3, 0.4) is 0 Å². The van der Waals surface area contributed by atoms with E-state index in [1.807, 2.05) is 12.1 Å². The van der Waals surface area contributed by atoms with Gasteiger partial charge in [-0.3, -0.25) is 19.7 Å². The van der Waals surface area contributed by atoms with Crippen LogP contribution in [0.5, 0.6) is 0 Å². The second-order valence-corrected chi connectivity index (χ2v) is 7.84. The molecule has 2 heterocycles. The van der Waals surface area contributed by atoms with Crippen LogP contribution in [-0.4, -0.2) is 60.9 Å². The molecule has 0 spiro atoms. The molecule has 0 saturated carbocycles. The lowest BCUT2D eigenvalue weighted by Gasteiger charge is -2.37. The fraction of sp³-hybridized carbons (Fsp3) is 0.364. The summed E-state index contributed by atoms with van der Waals surface area (Å²) in [6.07, 6.45) is 1.86. The molecule has 31 heavy (non-hydrogen) atoms. The Morgan fingerprint density at radius 3 is 1.94 bits per heavy atom. The number of likely N-dealkylation sites (tertiary alicyclic amines) is 1. The zero-order chi connectivity index (χ0) is 22.0. The normalized spacial score (nSPS) is 16.5. The standard InChI is InChI=1S/C22H25N5O4/c23-21(28)16-3-5-17(6-4-16)24-11-13-25(14-12-24)18-7-8-20(27(30)31)19(15-18)22(29)26-9-1-2-10-26/h3-8,15H,1-2,9-14H2,(H2,23,28). The Morgan fingerprint density at radius 1 is 0.839 bits per heavy atom. The highest BCUT2D eigenvalue weighted by Gasteiger charge is 2.28. The topological polar surface area (TPSA) is 113 Å². The number of nitro groups is 1. The Bertz CT molecular complexity index is 993. The lowest BCUT2D eigenvalue weighted by Crippen LogP contribution is -2.46. The highest BCUT2D eigenvalue weighted by Crippen LogP contribution is 2.29. The minimum absolute atomic E-state index is 0.145. The van der Waals surface area contributed by atoms with Crippen molar-refractivity contribution in [3.8, 4) is 0 Å². The molecule has 4 rings (SSSR count). The second-order valence-electron chi connectivity index (χ2n) is 7.84. The Balaban J connectivity index is 1.49. The Labute approximate surface area is 180 Å². The molecule has 9 heteroatoms. The molecule has 2 saturated heterocycles. The van der Waals surface area contributed by atoms with E-state index in [0.29, 0.717) is 31.7 Å². The van der Waals surface area contributed by atoms with Crippen LogP contribution in [0.25, 0.3) is 0 Å². The van der Waals surface area contributed by atoms with Crippen LogP contribution in [0.4, 0.5) is 17.1 Å². The van der Waals surface area contributed by atoms with E-state index in [2.05, 4.69) is 9.80 Å². The molecule has 2 aromatic rings. The maximum Gasteiger partial charge on any atom is 0.282 e. The van der Waals surface area contributed by atoms with E-state index in [1.165, 1.54) is 6.07 Å². The number of nitro benzene ring substituents is 1. The summed E-state index contributed by atoms with van der Waals surface area (Å²) in [6.45, 7) is 4.23. The molecule has 2 amide bonds. The summed E-state index contributed by atoms with van der Waals surface area (Å²) in [5, 5.41) is 11.5. The van der Waals surface area contributed by atoms with Crippen molar-refractivity contribution in [2.24, 2.45) is 5.73 Å². The highest BCUT2D eigenvalue weighted by atomic mass is 16.6. The molecule has 2 fully saturated rings. The van der Waals surface area contributed by atoms with E-state index in [0.717, 1.165) is 37.3 Å². The molecule has 0 atom stereocenters. The van der Waals surface area contributed by atoms with Crippen LogP contribution in [0, 0.1) is 10.1 Å². The lowest BCUT2D eigenvalue weighted by atomic mass is 10.1. The molecular weight excluding hydrogens is 398 g/mol. The quantitative estimate of drug-likeness (QED) is 0.583. The molecule has 0 aromatic heterocycles. The number of benzene rings is 2. The van der Waals surface area contributed by atoms with Gasteiger partial charge in [0.2, 0.25) is 5.91 Å². The van der Waals surface area contributed by atoms with Crippen molar-refractivity contribution in [2.75, 3.05) is 49.1 Å². The van der Waals surface area contributed by atoms with Crippen LogP contribution < -0.4 is 15.5 Å². The van der Waals surface area contributed by atoms with Gasteiger partial charge in [0.15, 0.2) is 0 Å². The summed E-state index contributed by atoms with van der Waals surface area (Å²) in [7, 11) is 0. The zero-order valence-corrected chi connectivity index (χ0v) is 17.2. The van der Waals surface area contributed by atoms with Crippen molar-refractivity contribution >= 4 is 28.9 Å². The zero-order valence-electron chi connectivity index (χ0n) is 17.2. The van der Waals surface area contributed by atoms with Crippen LogP contribution >= 0.6 is 0 Å². The first-order valence-electron chi connectivity index (χ1n) is 10.4. The third kappa shape index (κ3) is 4.30. The predicted molar refractivity (Wildman–Crippen MR) is 118 cm³/mol. The fourth-order valence-corrected chi connectivity index (χ4v) is 4.20. The first kappa shape index (κ1) is 20.6. The van der Waals surface area contributed by atoms with Gasteiger partial charge in [0, 0.05) is 62.3 Å². The summed E-state index contributed by atoms with van der Waals surface area (Å²) >= 11 is 0. The van der Waals surface area contributed by atoms with Gasteiger partial charge < -0.3 is 20.4 Å². The van der Waals surface area contributed by atoms with E-state index >= 15 is 0 Å². The molecule has 2 aliphatic heterocycles. The number of nitrogens with zero attached hydrogens (tertiary/aromatic N) is 4. The Morgan fingerprint density at radius 2 is 1.39 bits per heavy atom. The summed E-state index contributed by atoms with van der Waals surface area (Å²) < 4.78 is 0. The maximum absolute atomic E-state index is 12.9. The van der Waals surface area contributed by atoms with E-state index in [-0.39, 0.29) is 17.2 Å². The summed E-state index contributed by atoms with van der Waals surface area (Å²) in [4.78, 5) is 41.2. The van der Waals surface area contributed by atoms with Crippen LogP contribution in [0.2, 0.25) is 0 Å². The van der Waals surface area contributed by atoms with Crippen molar-refractivity contribution in [2.45, 2.75) is 12.8 Å². The maximum atomic E-state index is 12.9. The molecule has 0 unspecified atom stereocenters. The summed E-state index contributed by atoms with van der Waals surface area (Å²) in [5.41, 5.74) is 7.62. The molecule has 2 aromatic carbocycles. The molecule has 2 aliphatic rings. The van der Waals surface area contributed by atoms with Crippen LogP contribution in [-0.2, 0) is 0 Å². The van der Waals surface area contributed by atoms with E-state index < -0.39 is 10.8 Å². The minimum Gasteiger partial charge on any atom is -0.368 e. The smallest absolute Gasteiger partial charge is 0.282 e. The number of hydrogen-bond donors (Lipinski definition) is 1. The van der Waals surface area contributed by atoms with Gasteiger partial charge in [-0.1, -0.05) is 0 Å².